The molecule has 0 saturated carbocycles. The van der Waals surface area contributed by atoms with Crippen molar-refractivity contribution in [1.82, 2.24) is 9.97 Å². The molecule has 0 aliphatic heterocycles. The molecule has 5 heteroatoms. The van der Waals surface area contributed by atoms with Crippen LogP contribution in [-0.4, -0.2) is 16.6 Å². The Hall–Kier alpha value is -3.39. The van der Waals surface area contributed by atoms with Crippen molar-refractivity contribution in [3.05, 3.63) is 54.7 Å². The summed E-state index contributed by atoms with van der Waals surface area (Å²) in [5.41, 5.74) is 1.92. The molecule has 23 heavy (non-hydrogen) atoms. The molecule has 2 heterocycles. The van der Waals surface area contributed by atoms with E-state index in [1.54, 1.807) is 0 Å². The SMILES string of the molecule is N#CCOc1cccc2[nH]c(Oc3cccc4[nH]ccc34)cc12. The number of nitrogens with zero attached hydrogens (tertiary/aromatic N) is 1. The summed E-state index contributed by atoms with van der Waals surface area (Å²) in [4.78, 5) is 6.39. The molecule has 0 saturated heterocycles. The third-order valence-corrected chi connectivity index (χ3v) is 3.67. The zero-order valence-electron chi connectivity index (χ0n) is 12.2. The van der Waals surface area contributed by atoms with Crippen molar-refractivity contribution in [2.45, 2.75) is 0 Å². The largest absolute Gasteiger partial charge is 0.478 e. The molecule has 4 aromatic rings. The van der Waals surface area contributed by atoms with Gasteiger partial charge in [0.15, 0.2) is 12.5 Å². The number of ether oxygens (including phenoxy) is 2. The second-order valence-electron chi connectivity index (χ2n) is 5.09. The molecule has 0 spiro atoms. The van der Waals surface area contributed by atoms with Gasteiger partial charge in [-0.3, -0.25) is 0 Å². The first kappa shape index (κ1) is 13.3. The van der Waals surface area contributed by atoms with Gasteiger partial charge in [0.05, 0.1) is 5.52 Å². The van der Waals surface area contributed by atoms with Crippen molar-refractivity contribution in [3.8, 4) is 23.4 Å². The molecule has 5 nitrogen and oxygen atoms in total. The molecule has 0 aliphatic rings. The van der Waals surface area contributed by atoms with Gasteiger partial charge >= 0.3 is 0 Å². The molecule has 0 radical (unpaired) electrons. The third-order valence-electron chi connectivity index (χ3n) is 3.67. The predicted octanol–water partition coefficient (Wildman–Crippen LogP) is 4.34. The lowest BCUT2D eigenvalue weighted by Crippen LogP contribution is -1.93. The highest BCUT2D eigenvalue weighted by molar-refractivity contribution is 5.89. The molecular weight excluding hydrogens is 290 g/mol. The van der Waals surface area contributed by atoms with Crippen LogP contribution in [0.3, 0.4) is 0 Å². The normalized spacial score (nSPS) is 10.7. The number of aromatic amines is 2. The van der Waals surface area contributed by atoms with Crippen LogP contribution in [0.1, 0.15) is 0 Å². The Morgan fingerprint density at radius 3 is 2.65 bits per heavy atom. The van der Waals surface area contributed by atoms with Gasteiger partial charge in [-0.25, -0.2) is 0 Å². The van der Waals surface area contributed by atoms with Gasteiger partial charge in [-0.1, -0.05) is 12.1 Å². The first-order valence-corrected chi connectivity index (χ1v) is 7.20. The maximum absolute atomic E-state index is 8.67. The highest BCUT2D eigenvalue weighted by Crippen LogP contribution is 2.33. The third kappa shape index (κ3) is 2.36. The molecular formula is C18H13N3O2. The van der Waals surface area contributed by atoms with E-state index in [1.165, 1.54) is 0 Å². The summed E-state index contributed by atoms with van der Waals surface area (Å²) in [7, 11) is 0. The molecule has 4 rings (SSSR count). The number of aromatic nitrogens is 2. The summed E-state index contributed by atoms with van der Waals surface area (Å²) in [5.74, 6) is 2.06. The molecule has 0 amide bonds. The maximum Gasteiger partial charge on any atom is 0.198 e. The lowest BCUT2D eigenvalue weighted by Gasteiger charge is -2.04. The predicted molar refractivity (Wildman–Crippen MR) is 87.8 cm³/mol. The lowest BCUT2D eigenvalue weighted by atomic mass is 10.2. The smallest absolute Gasteiger partial charge is 0.198 e. The molecule has 0 fully saturated rings. The minimum Gasteiger partial charge on any atom is -0.478 e. The van der Waals surface area contributed by atoms with Crippen LogP contribution in [0.4, 0.5) is 0 Å². The maximum atomic E-state index is 8.67. The van der Waals surface area contributed by atoms with E-state index in [0.717, 1.165) is 27.6 Å². The number of H-pyrrole nitrogens is 2. The molecule has 0 bridgehead atoms. The van der Waals surface area contributed by atoms with Crippen molar-refractivity contribution in [3.63, 3.8) is 0 Å². The minimum absolute atomic E-state index is 0.0170. The van der Waals surface area contributed by atoms with E-state index in [9.17, 15) is 0 Å². The summed E-state index contributed by atoms with van der Waals surface area (Å²) in [5, 5.41) is 10.6. The summed E-state index contributed by atoms with van der Waals surface area (Å²) in [6.45, 7) is 0.0170. The number of hydrogen-bond acceptors (Lipinski definition) is 3. The number of nitrogens with one attached hydrogen (secondary N) is 2. The zero-order chi connectivity index (χ0) is 15.6. The zero-order valence-corrected chi connectivity index (χ0v) is 12.2. The molecule has 0 aliphatic carbocycles. The van der Waals surface area contributed by atoms with E-state index in [1.807, 2.05) is 60.8 Å². The van der Waals surface area contributed by atoms with Crippen LogP contribution in [0.15, 0.2) is 54.7 Å². The van der Waals surface area contributed by atoms with Gasteiger partial charge in [-0.2, -0.15) is 5.26 Å². The number of nitriles is 1. The van der Waals surface area contributed by atoms with Gasteiger partial charge in [-0.05, 0) is 30.3 Å². The van der Waals surface area contributed by atoms with E-state index >= 15 is 0 Å². The summed E-state index contributed by atoms with van der Waals surface area (Å²) in [6, 6.07) is 17.4. The van der Waals surface area contributed by atoms with Gasteiger partial charge in [0.2, 0.25) is 0 Å². The Bertz CT molecular complexity index is 1020. The molecule has 0 atom stereocenters. The fourth-order valence-corrected chi connectivity index (χ4v) is 2.66. The first-order valence-electron chi connectivity index (χ1n) is 7.20. The quantitative estimate of drug-likeness (QED) is 0.589. The van der Waals surface area contributed by atoms with Crippen LogP contribution in [0.5, 0.6) is 17.4 Å². The lowest BCUT2D eigenvalue weighted by molar-refractivity contribution is 0.372. The average Bonchev–Trinajstić information content (AvgIpc) is 3.19. The fraction of sp³-hybridized carbons (Fsp3) is 0.0556. The Kier molecular flexibility index (Phi) is 3.13. The number of rotatable bonds is 4. The number of hydrogen-bond donors (Lipinski definition) is 2. The van der Waals surface area contributed by atoms with E-state index in [-0.39, 0.29) is 6.61 Å². The van der Waals surface area contributed by atoms with Crippen molar-refractivity contribution < 1.29 is 9.47 Å². The van der Waals surface area contributed by atoms with Crippen LogP contribution < -0.4 is 9.47 Å². The molecule has 0 unspecified atom stereocenters. The number of benzene rings is 2. The second-order valence-corrected chi connectivity index (χ2v) is 5.09. The van der Waals surface area contributed by atoms with E-state index < -0.39 is 0 Å². The van der Waals surface area contributed by atoms with Crippen molar-refractivity contribution in [1.29, 1.82) is 5.26 Å². The van der Waals surface area contributed by atoms with Gasteiger partial charge in [0.1, 0.15) is 17.6 Å². The topological polar surface area (TPSA) is 73.8 Å². The van der Waals surface area contributed by atoms with E-state index in [4.69, 9.17) is 14.7 Å². The Morgan fingerprint density at radius 1 is 0.957 bits per heavy atom. The van der Waals surface area contributed by atoms with E-state index in [0.29, 0.717) is 11.6 Å². The second kappa shape index (κ2) is 5.43. The number of fused-ring (bicyclic) bond motifs is 2. The van der Waals surface area contributed by atoms with Crippen LogP contribution in [0.2, 0.25) is 0 Å². The van der Waals surface area contributed by atoms with Gasteiger partial charge in [0.25, 0.3) is 0 Å². The van der Waals surface area contributed by atoms with Crippen molar-refractivity contribution in [2.75, 3.05) is 6.61 Å². The van der Waals surface area contributed by atoms with Crippen molar-refractivity contribution >= 4 is 21.8 Å². The Balaban J connectivity index is 1.72. The summed E-state index contributed by atoms with van der Waals surface area (Å²) < 4.78 is 11.4. The summed E-state index contributed by atoms with van der Waals surface area (Å²) >= 11 is 0. The minimum atomic E-state index is 0.0170. The van der Waals surface area contributed by atoms with Crippen molar-refractivity contribution in [2.24, 2.45) is 0 Å². The van der Waals surface area contributed by atoms with Gasteiger partial charge in [0, 0.05) is 28.6 Å². The fourth-order valence-electron chi connectivity index (χ4n) is 2.66. The monoisotopic (exact) mass is 303 g/mol. The molecule has 112 valence electrons. The molecule has 2 aromatic heterocycles. The van der Waals surface area contributed by atoms with Gasteiger partial charge < -0.3 is 19.4 Å². The molecule has 2 aromatic carbocycles. The first-order chi connectivity index (χ1) is 11.3. The van der Waals surface area contributed by atoms with E-state index in [2.05, 4.69) is 9.97 Å². The highest BCUT2D eigenvalue weighted by atomic mass is 16.5. The van der Waals surface area contributed by atoms with Crippen LogP contribution in [0, 0.1) is 11.3 Å². The summed E-state index contributed by atoms with van der Waals surface area (Å²) in [6.07, 6.45) is 1.89. The average molecular weight is 303 g/mol. The Morgan fingerprint density at radius 2 is 1.78 bits per heavy atom. The van der Waals surface area contributed by atoms with Gasteiger partial charge in [-0.15, -0.1) is 0 Å². The highest BCUT2D eigenvalue weighted by Gasteiger charge is 2.09. The standard InChI is InChI=1S/C18H13N3O2/c19-8-10-22-16-5-2-4-15-13(16)11-18(21-15)23-17-6-1-3-14-12(17)7-9-20-14/h1-7,9,11,20-21H,10H2. The molecule has 2 N–H and O–H groups in total. The van der Waals surface area contributed by atoms with Crippen LogP contribution in [0.25, 0.3) is 21.8 Å². The van der Waals surface area contributed by atoms with Crippen LogP contribution >= 0.6 is 0 Å². The van der Waals surface area contributed by atoms with Crippen LogP contribution in [-0.2, 0) is 0 Å². The Labute approximate surface area is 132 Å².